The van der Waals surface area contributed by atoms with Crippen LogP contribution in [0.2, 0.25) is 10.0 Å². The first kappa shape index (κ1) is 32.0. The van der Waals surface area contributed by atoms with Crippen LogP contribution in [0.25, 0.3) is 0 Å². The van der Waals surface area contributed by atoms with E-state index in [4.69, 9.17) is 43.1 Å². The Morgan fingerprint density at radius 2 is 1.66 bits per heavy atom. The van der Waals surface area contributed by atoms with Crippen LogP contribution in [-0.2, 0) is 22.3 Å². The zero-order valence-corrected chi connectivity index (χ0v) is 23.9. The molecule has 0 saturated heterocycles. The number of ether oxygens (including phenoxy) is 3. The predicted molar refractivity (Wildman–Crippen MR) is 150 cm³/mol. The molecule has 1 aliphatic carbocycles. The quantitative estimate of drug-likeness (QED) is 0.276. The lowest BCUT2D eigenvalue weighted by Crippen LogP contribution is -2.28. The Hall–Kier alpha value is -1.03. The summed E-state index contributed by atoms with van der Waals surface area (Å²) in [6.07, 6.45) is 2.10. The van der Waals surface area contributed by atoms with Crippen molar-refractivity contribution in [2.75, 3.05) is 60.7 Å². The van der Waals surface area contributed by atoms with Crippen LogP contribution in [0.15, 0.2) is 41.3 Å². The van der Waals surface area contributed by atoms with E-state index in [2.05, 4.69) is 23.7 Å². The molecular formula is C26H41Cl2N3O3S. The number of nitrogens with two attached hydrogens (primary N) is 1. The minimum atomic E-state index is 0.556. The van der Waals surface area contributed by atoms with Crippen molar-refractivity contribution in [3.05, 3.63) is 57.6 Å². The van der Waals surface area contributed by atoms with Crippen molar-refractivity contribution in [2.45, 2.75) is 37.6 Å². The summed E-state index contributed by atoms with van der Waals surface area (Å²) >= 11 is 13.7. The Morgan fingerprint density at radius 3 is 2.26 bits per heavy atom. The molecule has 1 atom stereocenters. The van der Waals surface area contributed by atoms with Crippen molar-refractivity contribution < 1.29 is 14.2 Å². The van der Waals surface area contributed by atoms with E-state index in [1.807, 2.05) is 50.2 Å². The van der Waals surface area contributed by atoms with Crippen molar-refractivity contribution >= 4 is 35.1 Å². The molecule has 9 heteroatoms. The van der Waals surface area contributed by atoms with E-state index in [1.54, 1.807) is 19.1 Å². The van der Waals surface area contributed by atoms with Crippen molar-refractivity contribution in [1.29, 1.82) is 0 Å². The second-order valence-corrected chi connectivity index (χ2v) is 9.54. The van der Waals surface area contributed by atoms with Crippen molar-refractivity contribution in [3.63, 3.8) is 0 Å². The van der Waals surface area contributed by atoms with E-state index in [0.29, 0.717) is 39.0 Å². The van der Waals surface area contributed by atoms with E-state index in [9.17, 15) is 0 Å². The smallest absolute Gasteiger partial charge is 0.118 e. The number of methoxy groups -OCH3 is 1. The number of hydrogen-bond acceptors (Lipinski definition) is 7. The van der Waals surface area contributed by atoms with Gasteiger partial charge in [0.1, 0.15) is 5.75 Å². The minimum absolute atomic E-state index is 0.556. The molecule has 0 spiro atoms. The molecule has 2 aromatic rings. The minimum Gasteiger partial charge on any atom is -0.497 e. The van der Waals surface area contributed by atoms with Crippen LogP contribution in [0.1, 0.15) is 25.0 Å². The third kappa shape index (κ3) is 12.7. The van der Waals surface area contributed by atoms with Crippen LogP contribution in [0.5, 0.6) is 5.75 Å². The van der Waals surface area contributed by atoms with Gasteiger partial charge in [0.25, 0.3) is 0 Å². The van der Waals surface area contributed by atoms with Gasteiger partial charge in [-0.25, -0.2) is 0 Å². The fourth-order valence-corrected chi connectivity index (χ4v) is 4.53. The number of benzene rings is 2. The molecule has 0 bridgehead atoms. The highest BCUT2D eigenvalue weighted by molar-refractivity contribution is 7.97. The summed E-state index contributed by atoms with van der Waals surface area (Å²) < 4.78 is 18.9. The van der Waals surface area contributed by atoms with E-state index >= 15 is 0 Å². The molecular weight excluding hydrogens is 505 g/mol. The van der Waals surface area contributed by atoms with Gasteiger partial charge in [-0.15, -0.1) is 0 Å². The van der Waals surface area contributed by atoms with Gasteiger partial charge in [-0.05, 0) is 86.4 Å². The van der Waals surface area contributed by atoms with E-state index in [1.165, 1.54) is 11.1 Å². The average molecular weight is 547 g/mol. The van der Waals surface area contributed by atoms with Crippen molar-refractivity contribution in [1.82, 2.24) is 9.62 Å². The second-order valence-electron chi connectivity index (χ2n) is 7.74. The maximum atomic E-state index is 6.14. The molecule has 0 fully saturated rings. The zero-order chi connectivity index (χ0) is 26.1. The Balaban J connectivity index is 0.000000338. The molecule has 3 N–H and O–H groups in total. The van der Waals surface area contributed by atoms with Gasteiger partial charge in [-0.2, -0.15) is 0 Å². The zero-order valence-electron chi connectivity index (χ0n) is 21.6. The summed E-state index contributed by atoms with van der Waals surface area (Å²) in [5, 5.41) is 1.56. The number of nitrogens with zero attached hydrogens (tertiary/aromatic N) is 1. The topological polar surface area (TPSA) is 69.0 Å². The molecule has 2 aromatic carbocycles. The average Bonchev–Trinajstić information content (AvgIpc) is 3.30. The molecule has 0 heterocycles. The van der Waals surface area contributed by atoms with Crippen LogP contribution < -0.4 is 15.2 Å². The fraction of sp³-hybridized carbons (Fsp3) is 0.538. The summed E-state index contributed by atoms with van der Waals surface area (Å²) in [5.74, 6) is 0.866. The first-order chi connectivity index (χ1) is 16.9. The SMILES string of the molecule is CC.CN(C)C1Cc2cc(Cl)cc(Cl)c2C1.COc1ccc(SNCCOCCOCCN)cc1. The van der Waals surface area contributed by atoms with E-state index in [-0.39, 0.29) is 0 Å². The molecule has 0 aliphatic heterocycles. The molecule has 0 radical (unpaired) electrons. The third-order valence-electron chi connectivity index (χ3n) is 5.11. The Bertz CT molecular complexity index is 826. The summed E-state index contributed by atoms with van der Waals surface area (Å²) in [7, 11) is 5.87. The molecule has 0 amide bonds. The number of nitrogens with one attached hydrogen (secondary N) is 1. The lowest BCUT2D eigenvalue weighted by Gasteiger charge is -2.17. The number of fused-ring (bicyclic) bond motifs is 1. The van der Waals surface area contributed by atoms with E-state index in [0.717, 1.165) is 40.1 Å². The predicted octanol–water partition coefficient (Wildman–Crippen LogP) is 5.33. The number of halogens is 2. The molecule has 1 unspecified atom stereocenters. The molecule has 35 heavy (non-hydrogen) atoms. The molecule has 6 nitrogen and oxygen atoms in total. The van der Waals surface area contributed by atoms with Gasteiger partial charge in [-0.1, -0.05) is 37.0 Å². The van der Waals surface area contributed by atoms with Gasteiger partial charge in [0.05, 0.1) is 33.5 Å². The Labute approximate surface area is 225 Å². The molecule has 198 valence electrons. The van der Waals surface area contributed by atoms with Crippen LogP contribution in [0.3, 0.4) is 0 Å². The number of rotatable bonds is 12. The maximum Gasteiger partial charge on any atom is 0.118 e. The van der Waals surface area contributed by atoms with E-state index < -0.39 is 0 Å². The van der Waals surface area contributed by atoms with Crippen molar-refractivity contribution in [2.24, 2.45) is 5.73 Å². The first-order valence-corrected chi connectivity index (χ1v) is 13.5. The highest BCUT2D eigenvalue weighted by atomic mass is 35.5. The number of likely N-dealkylation sites (N-methyl/N-ethyl adjacent to an activating group) is 1. The monoisotopic (exact) mass is 545 g/mol. The lowest BCUT2D eigenvalue weighted by molar-refractivity contribution is 0.0532. The summed E-state index contributed by atoms with van der Waals surface area (Å²) in [6.45, 7) is 7.80. The first-order valence-electron chi connectivity index (χ1n) is 12.0. The maximum absolute atomic E-state index is 6.14. The highest BCUT2D eigenvalue weighted by Crippen LogP contribution is 2.33. The standard InChI is InChI=1S/C13H22N2O3S.C11H13Cl2N.C2H6/c1-16-12-2-4-13(5-3-12)19-15-7-9-18-11-10-17-8-6-14;1-14(2)9-4-7-3-8(12)5-11(13)10(7)6-9;1-2/h2-5,15H,6-11,14H2,1H3;3,5,9H,4,6H2,1-2H3;1-2H3. The van der Waals surface area contributed by atoms with Gasteiger partial charge in [0.2, 0.25) is 0 Å². The Morgan fingerprint density at radius 1 is 1.00 bits per heavy atom. The normalized spacial score (nSPS) is 14.0. The van der Waals surface area contributed by atoms with Crippen LogP contribution in [0.4, 0.5) is 0 Å². The van der Waals surface area contributed by atoms with Gasteiger partial charge >= 0.3 is 0 Å². The largest absolute Gasteiger partial charge is 0.497 e. The highest BCUT2D eigenvalue weighted by Gasteiger charge is 2.25. The molecule has 0 saturated carbocycles. The van der Waals surface area contributed by atoms with Crippen LogP contribution in [-0.4, -0.2) is 71.7 Å². The van der Waals surface area contributed by atoms with Crippen LogP contribution >= 0.6 is 35.1 Å². The van der Waals surface area contributed by atoms with Crippen LogP contribution in [0, 0.1) is 0 Å². The Kier molecular flexibility index (Phi) is 17.5. The summed E-state index contributed by atoms with van der Waals surface area (Å²) in [6, 6.07) is 12.3. The number of hydrogen-bond donors (Lipinski definition) is 2. The molecule has 1 aliphatic rings. The molecule has 0 aromatic heterocycles. The van der Waals surface area contributed by atoms with Gasteiger partial charge in [0.15, 0.2) is 0 Å². The summed E-state index contributed by atoms with van der Waals surface area (Å²) in [5.41, 5.74) is 7.88. The van der Waals surface area contributed by atoms with Gasteiger partial charge in [0, 0.05) is 34.1 Å². The lowest BCUT2D eigenvalue weighted by atomic mass is 10.1. The van der Waals surface area contributed by atoms with Gasteiger partial charge in [-0.3, -0.25) is 4.72 Å². The second kappa shape index (κ2) is 19.1. The summed E-state index contributed by atoms with van der Waals surface area (Å²) in [4.78, 5) is 3.39. The van der Waals surface area contributed by atoms with Crippen molar-refractivity contribution in [3.8, 4) is 5.75 Å². The fourth-order valence-electron chi connectivity index (χ4n) is 3.29. The molecule has 3 rings (SSSR count). The third-order valence-corrected chi connectivity index (χ3v) is 6.52. The van der Waals surface area contributed by atoms with Gasteiger partial charge < -0.3 is 24.8 Å².